The number of benzene rings is 1. The van der Waals surface area contributed by atoms with Crippen molar-refractivity contribution < 1.29 is 13.2 Å². The molecule has 0 spiro atoms. The SMILES string of the molecule is CCOC1=NS(=O)(=O)c2cc(Br)ccc2N1. The summed E-state index contributed by atoms with van der Waals surface area (Å²) in [6.45, 7) is 2.11. The third kappa shape index (κ3) is 2.05. The van der Waals surface area contributed by atoms with Crippen molar-refractivity contribution in [1.82, 2.24) is 0 Å². The number of hydrogen-bond donors (Lipinski definition) is 1. The summed E-state index contributed by atoms with van der Waals surface area (Å²) < 4.78 is 32.8. The number of halogens is 1. The monoisotopic (exact) mass is 304 g/mol. The van der Waals surface area contributed by atoms with Crippen LogP contribution in [0.4, 0.5) is 5.69 Å². The zero-order valence-corrected chi connectivity index (χ0v) is 10.8. The third-order valence-electron chi connectivity index (χ3n) is 1.95. The Morgan fingerprint density at radius 1 is 1.50 bits per heavy atom. The maximum atomic E-state index is 11.8. The minimum absolute atomic E-state index is 0.0114. The van der Waals surface area contributed by atoms with Crippen molar-refractivity contribution in [3.8, 4) is 0 Å². The van der Waals surface area contributed by atoms with Gasteiger partial charge in [0.1, 0.15) is 4.90 Å². The third-order valence-corrected chi connectivity index (χ3v) is 3.74. The molecule has 0 aromatic heterocycles. The van der Waals surface area contributed by atoms with Gasteiger partial charge < -0.3 is 10.1 Å². The molecule has 0 unspecified atom stereocenters. The van der Waals surface area contributed by atoms with Gasteiger partial charge in [0.05, 0.1) is 12.3 Å². The van der Waals surface area contributed by atoms with Crippen LogP contribution in [0.5, 0.6) is 0 Å². The largest absolute Gasteiger partial charge is 0.465 e. The predicted molar refractivity (Wildman–Crippen MR) is 64.0 cm³/mol. The van der Waals surface area contributed by atoms with Gasteiger partial charge in [0.2, 0.25) is 0 Å². The number of fused-ring (bicyclic) bond motifs is 1. The Hall–Kier alpha value is -1.08. The summed E-state index contributed by atoms with van der Waals surface area (Å²) in [4.78, 5) is 0.144. The van der Waals surface area contributed by atoms with Crippen molar-refractivity contribution in [3.05, 3.63) is 22.7 Å². The first-order valence-electron chi connectivity index (χ1n) is 4.57. The number of ether oxygens (including phenoxy) is 1. The second-order valence-electron chi connectivity index (χ2n) is 3.07. The number of nitrogens with zero attached hydrogens (tertiary/aromatic N) is 1. The van der Waals surface area contributed by atoms with E-state index in [1.807, 2.05) is 0 Å². The van der Waals surface area contributed by atoms with Crippen molar-refractivity contribution in [1.29, 1.82) is 0 Å². The molecule has 1 aliphatic rings. The van der Waals surface area contributed by atoms with Gasteiger partial charge in [-0.1, -0.05) is 15.9 Å². The number of sulfonamides is 1. The average molecular weight is 305 g/mol. The first-order chi connectivity index (χ1) is 7.53. The van der Waals surface area contributed by atoms with E-state index < -0.39 is 10.0 Å². The van der Waals surface area contributed by atoms with Crippen molar-refractivity contribution in [2.45, 2.75) is 11.8 Å². The van der Waals surface area contributed by atoms with E-state index >= 15 is 0 Å². The maximum absolute atomic E-state index is 11.8. The van der Waals surface area contributed by atoms with E-state index in [-0.39, 0.29) is 10.9 Å². The molecule has 86 valence electrons. The highest BCUT2D eigenvalue weighted by atomic mass is 79.9. The molecule has 0 atom stereocenters. The van der Waals surface area contributed by atoms with Crippen LogP contribution < -0.4 is 5.32 Å². The molecular formula is C9H9BrN2O3S. The van der Waals surface area contributed by atoms with E-state index in [4.69, 9.17) is 4.74 Å². The minimum Gasteiger partial charge on any atom is -0.465 e. The van der Waals surface area contributed by atoms with E-state index in [1.165, 1.54) is 6.07 Å². The van der Waals surface area contributed by atoms with Gasteiger partial charge in [-0.15, -0.1) is 4.40 Å². The Balaban J connectivity index is 2.53. The Kier molecular flexibility index (Phi) is 2.90. The standard InChI is InChI=1S/C9H9BrN2O3S/c1-2-15-9-11-7-4-3-6(10)5-8(7)16(13,14)12-9/h3-5H,2H2,1H3,(H,11,12). The Bertz CT molecular complexity index is 554. The lowest BCUT2D eigenvalue weighted by molar-refractivity contribution is 0.326. The zero-order chi connectivity index (χ0) is 11.8. The lowest BCUT2D eigenvalue weighted by Gasteiger charge is -2.17. The minimum atomic E-state index is -3.67. The molecule has 16 heavy (non-hydrogen) atoms. The Morgan fingerprint density at radius 3 is 2.94 bits per heavy atom. The first-order valence-corrected chi connectivity index (χ1v) is 6.80. The summed E-state index contributed by atoms with van der Waals surface area (Å²) >= 11 is 3.22. The molecule has 0 saturated heterocycles. The normalized spacial score (nSPS) is 17.0. The summed E-state index contributed by atoms with van der Waals surface area (Å²) in [6, 6.07) is 4.92. The van der Waals surface area contributed by atoms with Crippen LogP contribution in [0.2, 0.25) is 0 Å². The molecule has 1 aromatic rings. The van der Waals surface area contributed by atoms with Gasteiger partial charge in [-0.25, -0.2) is 0 Å². The molecule has 1 N–H and O–H groups in total. The van der Waals surface area contributed by atoms with Gasteiger partial charge in [0.25, 0.3) is 10.0 Å². The van der Waals surface area contributed by atoms with Crippen LogP contribution in [0.15, 0.2) is 32.0 Å². The number of rotatable bonds is 1. The Morgan fingerprint density at radius 2 is 2.25 bits per heavy atom. The van der Waals surface area contributed by atoms with Crippen molar-refractivity contribution in [2.24, 2.45) is 4.40 Å². The molecule has 0 fully saturated rings. The van der Waals surface area contributed by atoms with Crippen LogP contribution >= 0.6 is 15.9 Å². The van der Waals surface area contributed by atoms with Crippen LogP contribution in [0.1, 0.15) is 6.92 Å². The fourth-order valence-corrected chi connectivity index (χ4v) is 2.91. The van der Waals surface area contributed by atoms with E-state index in [0.717, 1.165) is 0 Å². The van der Waals surface area contributed by atoms with Gasteiger partial charge in [0, 0.05) is 4.47 Å². The van der Waals surface area contributed by atoms with Crippen molar-refractivity contribution in [3.63, 3.8) is 0 Å². The lowest BCUT2D eigenvalue weighted by atomic mass is 10.3. The molecular weight excluding hydrogens is 296 g/mol. The van der Waals surface area contributed by atoms with E-state index in [9.17, 15) is 8.42 Å². The summed E-state index contributed by atoms with van der Waals surface area (Å²) in [5.74, 6) is 0. The Labute approximate surface area is 102 Å². The molecule has 0 radical (unpaired) electrons. The highest BCUT2D eigenvalue weighted by Gasteiger charge is 2.25. The van der Waals surface area contributed by atoms with E-state index in [2.05, 4.69) is 25.6 Å². The van der Waals surface area contributed by atoms with E-state index in [0.29, 0.717) is 16.8 Å². The fraction of sp³-hybridized carbons (Fsp3) is 0.222. The van der Waals surface area contributed by atoms with Crippen molar-refractivity contribution in [2.75, 3.05) is 11.9 Å². The summed E-state index contributed by atoms with van der Waals surface area (Å²) in [6.07, 6.45) is 0. The van der Waals surface area contributed by atoms with Gasteiger partial charge >= 0.3 is 6.02 Å². The smallest absolute Gasteiger partial charge is 0.305 e. The van der Waals surface area contributed by atoms with Crippen LogP contribution in [-0.4, -0.2) is 21.0 Å². The second kappa shape index (κ2) is 4.06. The molecule has 1 aromatic carbocycles. The molecule has 1 aliphatic heterocycles. The summed E-state index contributed by atoms with van der Waals surface area (Å²) in [5, 5.41) is 2.81. The highest BCUT2D eigenvalue weighted by molar-refractivity contribution is 9.10. The van der Waals surface area contributed by atoms with Crippen LogP contribution in [-0.2, 0) is 14.8 Å². The summed E-state index contributed by atoms with van der Waals surface area (Å²) in [5.41, 5.74) is 0.474. The molecule has 5 nitrogen and oxygen atoms in total. The van der Waals surface area contributed by atoms with Crippen LogP contribution in [0.25, 0.3) is 0 Å². The average Bonchev–Trinajstić information content (AvgIpc) is 2.19. The fourth-order valence-electron chi connectivity index (χ4n) is 1.31. The van der Waals surface area contributed by atoms with Gasteiger partial charge in [-0.05, 0) is 25.1 Å². The first kappa shape index (κ1) is 11.4. The van der Waals surface area contributed by atoms with Crippen LogP contribution in [0.3, 0.4) is 0 Å². The molecule has 2 rings (SSSR count). The van der Waals surface area contributed by atoms with Crippen LogP contribution in [0, 0.1) is 0 Å². The maximum Gasteiger partial charge on any atom is 0.305 e. The van der Waals surface area contributed by atoms with Crippen molar-refractivity contribution >= 4 is 37.7 Å². The van der Waals surface area contributed by atoms with Gasteiger partial charge in [0.15, 0.2) is 0 Å². The second-order valence-corrected chi connectivity index (χ2v) is 5.56. The molecule has 0 saturated carbocycles. The molecule has 1 heterocycles. The topological polar surface area (TPSA) is 67.8 Å². The lowest BCUT2D eigenvalue weighted by Crippen LogP contribution is -2.23. The molecule has 0 amide bonds. The molecule has 0 bridgehead atoms. The summed E-state index contributed by atoms with van der Waals surface area (Å²) in [7, 11) is -3.67. The molecule has 7 heteroatoms. The van der Waals surface area contributed by atoms with Gasteiger partial charge in [-0.2, -0.15) is 8.42 Å². The number of hydrogen-bond acceptors (Lipinski definition) is 4. The molecule has 0 aliphatic carbocycles. The van der Waals surface area contributed by atoms with E-state index in [1.54, 1.807) is 19.1 Å². The highest BCUT2D eigenvalue weighted by Crippen LogP contribution is 2.29. The number of anilines is 1. The zero-order valence-electron chi connectivity index (χ0n) is 8.40. The number of nitrogens with one attached hydrogen (secondary N) is 1. The predicted octanol–water partition coefficient (Wildman–Crippen LogP) is 1.96. The van der Waals surface area contributed by atoms with Gasteiger partial charge in [-0.3, -0.25) is 0 Å². The quantitative estimate of drug-likeness (QED) is 0.861. The number of amidine groups is 1.